The number of hydrogen-bond donors (Lipinski definition) is 2. The van der Waals surface area contributed by atoms with E-state index in [1.54, 1.807) is 0 Å². The first-order chi connectivity index (χ1) is 8.43. The van der Waals surface area contributed by atoms with Crippen LogP contribution in [0, 0.1) is 0 Å². The predicted molar refractivity (Wildman–Crippen MR) is 70.3 cm³/mol. The van der Waals surface area contributed by atoms with Crippen LogP contribution in [-0.2, 0) is 0 Å². The molecular weight excluding hydrogens is 210 g/mol. The zero-order valence-electron chi connectivity index (χ0n) is 10.0. The normalized spacial score (nSPS) is 28.6. The standard InChI is InChI=1S/C14H19N3/c1-2-6-11(7-3-1)13-10-16-14(17-13)12-8-4-5-9-15-12/h1-3,6-7,12-13,15H,4-5,8-10H2,(H,16,17)/t12-,13?/m0/s1. The first kappa shape index (κ1) is 10.8. The second kappa shape index (κ2) is 4.88. The number of rotatable bonds is 2. The summed E-state index contributed by atoms with van der Waals surface area (Å²) in [5, 5.41) is 7.00. The van der Waals surface area contributed by atoms with Gasteiger partial charge in [-0.15, -0.1) is 0 Å². The van der Waals surface area contributed by atoms with Crippen LogP contribution in [0.4, 0.5) is 0 Å². The van der Waals surface area contributed by atoms with Crippen molar-refractivity contribution in [2.45, 2.75) is 31.3 Å². The van der Waals surface area contributed by atoms with Crippen LogP contribution in [0.5, 0.6) is 0 Å². The molecule has 0 amide bonds. The van der Waals surface area contributed by atoms with E-state index < -0.39 is 0 Å². The molecule has 0 radical (unpaired) electrons. The third kappa shape index (κ3) is 2.34. The predicted octanol–water partition coefficient (Wildman–Crippen LogP) is 1.87. The molecule has 2 aliphatic rings. The molecule has 0 aliphatic carbocycles. The quantitative estimate of drug-likeness (QED) is 0.812. The summed E-state index contributed by atoms with van der Waals surface area (Å²) in [4.78, 5) is 4.82. The second-order valence-corrected chi connectivity index (χ2v) is 4.82. The highest BCUT2D eigenvalue weighted by molar-refractivity contribution is 5.89. The monoisotopic (exact) mass is 229 g/mol. The van der Waals surface area contributed by atoms with Gasteiger partial charge < -0.3 is 10.6 Å². The lowest BCUT2D eigenvalue weighted by atomic mass is 10.0. The molecule has 2 heterocycles. The summed E-state index contributed by atoms with van der Waals surface area (Å²) < 4.78 is 0. The molecule has 1 fully saturated rings. The van der Waals surface area contributed by atoms with Gasteiger partial charge in [0.1, 0.15) is 5.84 Å². The fourth-order valence-electron chi connectivity index (χ4n) is 2.63. The largest absolute Gasteiger partial charge is 0.370 e. The van der Waals surface area contributed by atoms with Crippen LogP contribution in [0.15, 0.2) is 35.3 Å². The average molecular weight is 229 g/mol. The number of hydrogen-bond acceptors (Lipinski definition) is 3. The molecule has 2 N–H and O–H groups in total. The van der Waals surface area contributed by atoms with Crippen molar-refractivity contribution < 1.29 is 0 Å². The molecule has 2 atom stereocenters. The van der Waals surface area contributed by atoms with Crippen molar-refractivity contribution in [3.05, 3.63) is 35.9 Å². The zero-order valence-corrected chi connectivity index (χ0v) is 10.0. The van der Waals surface area contributed by atoms with Crippen LogP contribution < -0.4 is 10.6 Å². The number of amidine groups is 1. The van der Waals surface area contributed by atoms with E-state index >= 15 is 0 Å². The molecule has 0 saturated carbocycles. The van der Waals surface area contributed by atoms with E-state index in [9.17, 15) is 0 Å². The van der Waals surface area contributed by atoms with Gasteiger partial charge >= 0.3 is 0 Å². The Balaban J connectivity index is 1.72. The van der Waals surface area contributed by atoms with E-state index in [2.05, 4.69) is 41.0 Å². The van der Waals surface area contributed by atoms with E-state index in [-0.39, 0.29) is 0 Å². The molecule has 90 valence electrons. The minimum absolute atomic E-state index is 0.301. The van der Waals surface area contributed by atoms with E-state index in [1.165, 1.54) is 30.7 Å². The SMILES string of the molecule is c1ccc(C2CNC([C@@H]3CCCCN3)=N2)cc1. The highest BCUT2D eigenvalue weighted by Crippen LogP contribution is 2.21. The highest BCUT2D eigenvalue weighted by atomic mass is 15.1. The number of nitrogens with zero attached hydrogens (tertiary/aromatic N) is 1. The summed E-state index contributed by atoms with van der Waals surface area (Å²) in [5.41, 5.74) is 1.31. The molecule has 1 aromatic rings. The van der Waals surface area contributed by atoms with Crippen molar-refractivity contribution in [1.82, 2.24) is 10.6 Å². The molecule has 1 unspecified atom stereocenters. The first-order valence-corrected chi connectivity index (χ1v) is 6.53. The van der Waals surface area contributed by atoms with Crippen molar-refractivity contribution in [2.75, 3.05) is 13.1 Å². The van der Waals surface area contributed by atoms with Gasteiger partial charge in [0.15, 0.2) is 0 Å². The molecule has 1 saturated heterocycles. The maximum absolute atomic E-state index is 4.82. The fraction of sp³-hybridized carbons (Fsp3) is 0.500. The average Bonchev–Trinajstić information content (AvgIpc) is 2.90. The van der Waals surface area contributed by atoms with Gasteiger partial charge in [0.05, 0.1) is 12.1 Å². The van der Waals surface area contributed by atoms with Crippen molar-refractivity contribution in [3.63, 3.8) is 0 Å². The first-order valence-electron chi connectivity index (χ1n) is 6.53. The molecule has 0 aromatic heterocycles. The maximum atomic E-state index is 4.82. The molecule has 1 aromatic carbocycles. The van der Waals surface area contributed by atoms with Crippen LogP contribution in [0.3, 0.4) is 0 Å². The number of nitrogens with one attached hydrogen (secondary N) is 2. The zero-order chi connectivity index (χ0) is 11.5. The van der Waals surface area contributed by atoms with E-state index in [4.69, 9.17) is 4.99 Å². The molecule has 17 heavy (non-hydrogen) atoms. The summed E-state index contributed by atoms with van der Waals surface area (Å²) in [6.07, 6.45) is 3.83. The van der Waals surface area contributed by atoms with Gasteiger partial charge in [0.2, 0.25) is 0 Å². The van der Waals surface area contributed by atoms with Crippen LogP contribution in [-0.4, -0.2) is 25.0 Å². The third-order valence-corrected chi connectivity index (χ3v) is 3.60. The summed E-state index contributed by atoms with van der Waals surface area (Å²) >= 11 is 0. The molecule has 3 heteroatoms. The Labute approximate surface area is 102 Å². The number of piperidine rings is 1. The third-order valence-electron chi connectivity index (χ3n) is 3.60. The number of benzene rings is 1. The van der Waals surface area contributed by atoms with Crippen molar-refractivity contribution >= 4 is 5.84 Å². The van der Waals surface area contributed by atoms with Crippen molar-refractivity contribution in [2.24, 2.45) is 4.99 Å². The Bertz CT molecular complexity index is 393. The minimum Gasteiger partial charge on any atom is -0.370 e. The molecule has 3 nitrogen and oxygen atoms in total. The summed E-state index contributed by atoms with van der Waals surface area (Å²) in [6.45, 7) is 2.07. The summed E-state index contributed by atoms with van der Waals surface area (Å²) in [6, 6.07) is 11.3. The van der Waals surface area contributed by atoms with Gasteiger partial charge in [-0.3, -0.25) is 4.99 Å². The van der Waals surface area contributed by atoms with Gasteiger partial charge in [0, 0.05) is 6.54 Å². The van der Waals surface area contributed by atoms with Gasteiger partial charge in [-0.05, 0) is 24.9 Å². The molecule has 2 aliphatic heterocycles. The van der Waals surface area contributed by atoms with Gasteiger partial charge in [-0.2, -0.15) is 0 Å². The van der Waals surface area contributed by atoms with Gasteiger partial charge in [-0.1, -0.05) is 36.8 Å². The Hall–Kier alpha value is -1.35. The minimum atomic E-state index is 0.301. The molecule has 3 rings (SSSR count). The fourth-order valence-corrected chi connectivity index (χ4v) is 2.63. The Morgan fingerprint density at radius 2 is 2.00 bits per heavy atom. The maximum Gasteiger partial charge on any atom is 0.114 e. The van der Waals surface area contributed by atoms with E-state index in [0.29, 0.717) is 12.1 Å². The molecule has 0 spiro atoms. The van der Waals surface area contributed by atoms with Crippen LogP contribution in [0.1, 0.15) is 30.9 Å². The van der Waals surface area contributed by atoms with Gasteiger partial charge in [0.25, 0.3) is 0 Å². The van der Waals surface area contributed by atoms with E-state index in [0.717, 1.165) is 13.1 Å². The second-order valence-electron chi connectivity index (χ2n) is 4.82. The number of aliphatic imine (C=N–C) groups is 1. The highest BCUT2D eigenvalue weighted by Gasteiger charge is 2.25. The Kier molecular flexibility index (Phi) is 3.10. The molecule has 0 bridgehead atoms. The van der Waals surface area contributed by atoms with Crippen LogP contribution in [0.25, 0.3) is 0 Å². The van der Waals surface area contributed by atoms with Crippen molar-refractivity contribution in [3.8, 4) is 0 Å². The van der Waals surface area contributed by atoms with Crippen molar-refractivity contribution in [1.29, 1.82) is 0 Å². The Morgan fingerprint density at radius 1 is 1.12 bits per heavy atom. The topological polar surface area (TPSA) is 36.4 Å². The van der Waals surface area contributed by atoms with Crippen LogP contribution >= 0.6 is 0 Å². The molecular formula is C14H19N3. The van der Waals surface area contributed by atoms with Crippen LogP contribution in [0.2, 0.25) is 0 Å². The van der Waals surface area contributed by atoms with E-state index in [1.807, 2.05) is 0 Å². The van der Waals surface area contributed by atoms with Gasteiger partial charge in [-0.25, -0.2) is 0 Å². The lowest BCUT2D eigenvalue weighted by molar-refractivity contribution is 0.467. The summed E-state index contributed by atoms with van der Waals surface area (Å²) in [5.74, 6) is 1.17. The lowest BCUT2D eigenvalue weighted by Gasteiger charge is -2.23. The smallest absolute Gasteiger partial charge is 0.114 e. The Morgan fingerprint density at radius 3 is 2.76 bits per heavy atom. The lowest BCUT2D eigenvalue weighted by Crippen LogP contribution is -2.44. The summed E-state index contributed by atoms with van der Waals surface area (Å²) in [7, 11) is 0.